The first-order valence-electron chi connectivity index (χ1n) is 5.28. The molecule has 0 bridgehead atoms. The van der Waals surface area contributed by atoms with Crippen LogP contribution in [0.3, 0.4) is 0 Å². The van der Waals surface area contributed by atoms with Crippen LogP contribution in [-0.4, -0.2) is 14.6 Å². The van der Waals surface area contributed by atoms with Gasteiger partial charge in [0.05, 0.1) is 6.07 Å². The second-order valence-corrected chi connectivity index (χ2v) is 9.94. The summed E-state index contributed by atoms with van der Waals surface area (Å²) in [5.74, 6) is -0.297. The molecule has 1 aromatic rings. The molecule has 0 fully saturated rings. The van der Waals surface area contributed by atoms with Crippen molar-refractivity contribution < 1.29 is 8.82 Å². The molecule has 1 atom stereocenters. The number of rotatable bonds is 4. The van der Waals surface area contributed by atoms with Crippen LogP contribution in [0.1, 0.15) is 11.7 Å². The van der Waals surface area contributed by atoms with Crippen LogP contribution in [0.2, 0.25) is 19.6 Å². The zero-order valence-corrected chi connectivity index (χ0v) is 12.3. The number of halogens is 1. The van der Waals surface area contributed by atoms with Crippen molar-refractivity contribution in [3.63, 3.8) is 0 Å². The van der Waals surface area contributed by atoms with Gasteiger partial charge in [-0.15, -0.1) is 11.8 Å². The minimum Gasteiger partial charge on any atom is -0.399 e. The van der Waals surface area contributed by atoms with E-state index in [9.17, 15) is 4.39 Å². The third kappa shape index (κ3) is 4.15. The Kier molecular flexibility index (Phi) is 4.75. The molecule has 0 heterocycles. The molecule has 0 aliphatic heterocycles. The van der Waals surface area contributed by atoms with Crippen molar-refractivity contribution >= 4 is 20.1 Å². The van der Waals surface area contributed by atoms with E-state index in [4.69, 9.17) is 9.69 Å². The maximum absolute atomic E-state index is 13.6. The molecule has 5 heteroatoms. The summed E-state index contributed by atoms with van der Waals surface area (Å²) in [4.78, 5) is 0.582. The molecule has 0 radical (unpaired) electrons. The van der Waals surface area contributed by atoms with E-state index in [-0.39, 0.29) is 5.82 Å². The van der Waals surface area contributed by atoms with Crippen LogP contribution in [0.25, 0.3) is 0 Å². The van der Waals surface area contributed by atoms with Gasteiger partial charge < -0.3 is 4.43 Å². The van der Waals surface area contributed by atoms with Crippen molar-refractivity contribution in [3.05, 3.63) is 29.6 Å². The van der Waals surface area contributed by atoms with Crippen molar-refractivity contribution in [2.45, 2.75) is 30.6 Å². The van der Waals surface area contributed by atoms with Crippen molar-refractivity contribution in [3.8, 4) is 6.07 Å². The third-order valence-corrected chi connectivity index (χ3v) is 3.78. The minimum atomic E-state index is -1.81. The SMILES string of the molecule is CSc1ccc(C(C#N)O[Si](C)(C)C)cc1F. The fraction of sp³-hybridized carbons (Fsp3) is 0.417. The molecule has 0 aromatic heterocycles. The topological polar surface area (TPSA) is 33.0 Å². The van der Waals surface area contributed by atoms with Crippen molar-refractivity contribution in [1.29, 1.82) is 5.26 Å². The van der Waals surface area contributed by atoms with Gasteiger partial charge >= 0.3 is 0 Å². The van der Waals surface area contributed by atoms with Crippen LogP contribution >= 0.6 is 11.8 Å². The second kappa shape index (κ2) is 5.67. The molecule has 0 saturated heterocycles. The molecule has 0 spiro atoms. The van der Waals surface area contributed by atoms with E-state index in [1.165, 1.54) is 17.8 Å². The molecule has 92 valence electrons. The van der Waals surface area contributed by atoms with Crippen LogP contribution in [-0.2, 0) is 4.43 Å². The van der Waals surface area contributed by atoms with E-state index >= 15 is 0 Å². The van der Waals surface area contributed by atoms with Gasteiger partial charge in [0.2, 0.25) is 0 Å². The van der Waals surface area contributed by atoms with Crippen LogP contribution in [0.15, 0.2) is 23.1 Å². The summed E-state index contributed by atoms with van der Waals surface area (Å²) in [5.41, 5.74) is 0.588. The van der Waals surface area contributed by atoms with E-state index in [1.807, 2.05) is 25.9 Å². The third-order valence-electron chi connectivity index (χ3n) is 2.07. The number of benzene rings is 1. The molecule has 0 N–H and O–H groups in total. The molecule has 1 unspecified atom stereocenters. The van der Waals surface area contributed by atoms with Gasteiger partial charge in [0.15, 0.2) is 14.4 Å². The lowest BCUT2D eigenvalue weighted by Crippen LogP contribution is -2.27. The molecule has 1 rings (SSSR count). The molecule has 0 aliphatic rings. The van der Waals surface area contributed by atoms with Crippen LogP contribution in [0.5, 0.6) is 0 Å². The summed E-state index contributed by atoms with van der Waals surface area (Å²) in [7, 11) is -1.81. The molecular weight excluding hydrogens is 253 g/mol. The summed E-state index contributed by atoms with van der Waals surface area (Å²) in [6, 6.07) is 6.91. The maximum atomic E-state index is 13.6. The predicted molar refractivity (Wildman–Crippen MR) is 71.0 cm³/mol. The highest BCUT2D eigenvalue weighted by Crippen LogP contribution is 2.26. The standard InChI is InChI=1S/C12H16FNOSSi/c1-16-12-6-5-9(7-10(12)13)11(8-14)15-17(2,3)4/h5-7,11H,1-4H3. The van der Waals surface area contributed by atoms with Crippen LogP contribution < -0.4 is 0 Å². The Morgan fingerprint density at radius 3 is 2.47 bits per heavy atom. The summed E-state index contributed by atoms with van der Waals surface area (Å²) >= 11 is 1.35. The Hall–Kier alpha value is -0.833. The summed E-state index contributed by atoms with van der Waals surface area (Å²) in [5, 5.41) is 9.08. The number of thioether (sulfide) groups is 1. The van der Waals surface area contributed by atoms with E-state index in [1.54, 1.807) is 12.1 Å². The van der Waals surface area contributed by atoms with Crippen molar-refractivity contribution in [2.24, 2.45) is 0 Å². The first-order valence-corrected chi connectivity index (χ1v) is 9.91. The lowest BCUT2D eigenvalue weighted by molar-refractivity contribution is 0.254. The lowest BCUT2D eigenvalue weighted by atomic mass is 10.1. The smallest absolute Gasteiger partial charge is 0.186 e. The molecule has 2 nitrogen and oxygen atoms in total. The maximum Gasteiger partial charge on any atom is 0.186 e. The molecular formula is C12H16FNOSSi. The monoisotopic (exact) mass is 269 g/mol. The van der Waals surface area contributed by atoms with Gasteiger partial charge in [-0.05, 0) is 43.6 Å². The molecule has 0 saturated carbocycles. The van der Waals surface area contributed by atoms with Crippen LogP contribution in [0.4, 0.5) is 4.39 Å². The zero-order valence-electron chi connectivity index (χ0n) is 10.5. The van der Waals surface area contributed by atoms with Gasteiger partial charge in [0.25, 0.3) is 0 Å². The Balaban J connectivity index is 2.98. The highest BCUT2D eigenvalue weighted by Gasteiger charge is 2.22. The Bertz CT molecular complexity index is 439. The Morgan fingerprint density at radius 1 is 1.41 bits per heavy atom. The van der Waals surface area contributed by atoms with Gasteiger partial charge in [0, 0.05) is 4.90 Å². The van der Waals surface area contributed by atoms with E-state index in [2.05, 4.69) is 6.07 Å². The summed E-state index contributed by atoms with van der Waals surface area (Å²) < 4.78 is 19.3. The average molecular weight is 269 g/mol. The lowest BCUT2D eigenvalue weighted by Gasteiger charge is -2.22. The molecule has 1 aromatic carbocycles. The van der Waals surface area contributed by atoms with Gasteiger partial charge in [0.1, 0.15) is 5.82 Å². The number of nitriles is 1. The highest BCUT2D eigenvalue weighted by molar-refractivity contribution is 7.98. The van der Waals surface area contributed by atoms with Crippen molar-refractivity contribution in [2.75, 3.05) is 6.26 Å². The molecule has 0 aliphatic carbocycles. The first kappa shape index (κ1) is 14.2. The Morgan fingerprint density at radius 2 is 2.06 bits per heavy atom. The van der Waals surface area contributed by atoms with Gasteiger partial charge in [-0.3, -0.25) is 0 Å². The summed E-state index contributed by atoms with van der Waals surface area (Å²) in [6.07, 6.45) is 1.14. The normalized spacial score (nSPS) is 13.2. The average Bonchev–Trinajstić information content (AvgIpc) is 2.24. The van der Waals surface area contributed by atoms with E-state index < -0.39 is 14.4 Å². The zero-order chi connectivity index (χ0) is 13.1. The number of hydrogen-bond acceptors (Lipinski definition) is 3. The van der Waals surface area contributed by atoms with Gasteiger partial charge in [-0.25, -0.2) is 4.39 Å². The van der Waals surface area contributed by atoms with E-state index in [0.717, 1.165) is 0 Å². The number of nitrogens with zero attached hydrogens (tertiary/aromatic N) is 1. The second-order valence-electron chi connectivity index (χ2n) is 4.63. The summed E-state index contributed by atoms with van der Waals surface area (Å²) in [6.45, 7) is 6.01. The minimum absolute atomic E-state index is 0.297. The highest BCUT2D eigenvalue weighted by atomic mass is 32.2. The Labute approximate surface area is 107 Å². The number of hydrogen-bond donors (Lipinski definition) is 0. The quantitative estimate of drug-likeness (QED) is 0.612. The van der Waals surface area contributed by atoms with Crippen molar-refractivity contribution in [1.82, 2.24) is 0 Å². The van der Waals surface area contributed by atoms with Gasteiger partial charge in [-0.1, -0.05) is 6.07 Å². The predicted octanol–water partition coefficient (Wildman–Crippen LogP) is 3.96. The first-order chi connectivity index (χ1) is 7.87. The van der Waals surface area contributed by atoms with Gasteiger partial charge in [-0.2, -0.15) is 5.26 Å². The van der Waals surface area contributed by atoms with Crippen LogP contribution in [0, 0.1) is 17.1 Å². The fourth-order valence-electron chi connectivity index (χ4n) is 1.37. The molecule has 17 heavy (non-hydrogen) atoms. The largest absolute Gasteiger partial charge is 0.399 e. The molecule has 0 amide bonds. The fourth-order valence-corrected chi connectivity index (χ4v) is 2.72. The van der Waals surface area contributed by atoms with E-state index in [0.29, 0.717) is 10.5 Å².